The van der Waals surface area contributed by atoms with E-state index in [4.69, 9.17) is 0 Å². The third-order valence-corrected chi connectivity index (χ3v) is 4.47. The lowest BCUT2D eigenvalue weighted by molar-refractivity contribution is 0.153. The van der Waals surface area contributed by atoms with E-state index in [1.54, 1.807) is 0 Å². The van der Waals surface area contributed by atoms with E-state index in [0.717, 1.165) is 42.9 Å². The summed E-state index contributed by atoms with van der Waals surface area (Å²) in [5.74, 6) is 0. The van der Waals surface area contributed by atoms with Gasteiger partial charge >= 0.3 is 0 Å². The van der Waals surface area contributed by atoms with Crippen molar-refractivity contribution in [3.63, 3.8) is 0 Å². The number of nitrogens with one attached hydrogen (secondary N) is 2. The van der Waals surface area contributed by atoms with Crippen LogP contribution in [-0.2, 0) is 6.54 Å². The van der Waals surface area contributed by atoms with Crippen LogP contribution in [0, 0.1) is 6.92 Å². The van der Waals surface area contributed by atoms with E-state index in [9.17, 15) is 0 Å². The van der Waals surface area contributed by atoms with Crippen LogP contribution < -0.4 is 5.32 Å². The number of hydrogen-bond donors (Lipinski definition) is 2. The third-order valence-electron chi connectivity index (χ3n) is 4.47. The Bertz CT molecular complexity index is 803. The molecule has 0 aromatic carbocycles. The molecule has 1 aliphatic heterocycles. The van der Waals surface area contributed by atoms with Crippen LogP contribution in [0.4, 0.5) is 0 Å². The molecule has 0 aliphatic carbocycles. The predicted octanol–water partition coefficient (Wildman–Crippen LogP) is 2.23. The Morgan fingerprint density at radius 1 is 1.33 bits per heavy atom. The Hall–Kier alpha value is -2.02. The summed E-state index contributed by atoms with van der Waals surface area (Å²) >= 11 is 0. The summed E-state index contributed by atoms with van der Waals surface area (Å²) in [7, 11) is 0. The summed E-state index contributed by atoms with van der Waals surface area (Å²) in [6.45, 7) is 5.89. The van der Waals surface area contributed by atoms with Gasteiger partial charge in [-0.05, 0) is 30.2 Å². The van der Waals surface area contributed by atoms with E-state index in [1.165, 1.54) is 11.1 Å². The van der Waals surface area contributed by atoms with E-state index >= 15 is 0 Å². The summed E-state index contributed by atoms with van der Waals surface area (Å²) in [5, 5.41) is 11.8. The number of aromatic amines is 1. The molecule has 126 valence electrons. The molecule has 0 saturated carbocycles. The molecule has 7 heteroatoms. The Morgan fingerprint density at radius 3 is 3.08 bits per heavy atom. The van der Waals surface area contributed by atoms with Gasteiger partial charge in [-0.2, -0.15) is 5.10 Å². The Labute approximate surface area is 147 Å². The Balaban J connectivity index is 0.00000169. The number of piperazine rings is 1. The number of nitrogens with zero attached hydrogens (tertiary/aromatic N) is 4. The van der Waals surface area contributed by atoms with Crippen molar-refractivity contribution < 1.29 is 0 Å². The summed E-state index contributed by atoms with van der Waals surface area (Å²) in [6.07, 6.45) is 5.72. The molecule has 1 fully saturated rings. The smallest absolute Gasteiger partial charge is 0.181 e. The number of pyridine rings is 2. The zero-order valence-electron chi connectivity index (χ0n) is 13.6. The average molecular weight is 345 g/mol. The molecule has 1 saturated heterocycles. The zero-order chi connectivity index (χ0) is 15.6. The van der Waals surface area contributed by atoms with Gasteiger partial charge in [0.2, 0.25) is 0 Å². The van der Waals surface area contributed by atoms with Crippen LogP contribution in [0.3, 0.4) is 0 Å². The van der Waals surface area contributed by atoms with Crippen LogP contribution in [-0.4, -0.2) is 44.7 Å². The fraction of sp³-hybridized carbons (Fsp3) is 0.353. The van der Waals surface area contributed by atoms with E-state index in [1.807, 2.05) is 31.6 Å². The lowest BCUT2D eigenvalue weighted by atomic mass is 10.0. The molecule has 0 spiro atoms. The minimum absolute atomic E-state index is 0. The molecule has 6 nitrogen and oxygen atoms in total. The summed E-state index contributed by atoms with van der Waals surface area (Å²) in [5.41, 5.74) is 4.33. The highest BCUT2D eigenvalue weighted by Gasteiger charge is 2.24. The quantitative estimate of drug-likeness (QED) is 0.762. The molecular formula is C17H21ClN6. The molecule has 0 radical (unpaired) electrons. The molecule has 2 N–H and O–H groups in total. The molecule has 0 bridgehead atoms. The number of rotatable bonds is 3. The van der Waals surface area contributed by atoms with Crippen molar-refractivity contribution in [3.8, 4) is 0 Å². The highest BCUT2D eigenvalue weighted by Crippen LogP contribution is 2.24. The van der Waals surface area contributed by atoms with Gasteiger partial charge in [0.05, 0.1) is 0 Å². The number of fused-ring (bicyclic) bond motifs is 1. The summed E-state index contributed by atoms with van der Waals surface area (Å²) in [4.78, 5) is 11.2. The van der Waals surface area contributed by atoms with Gasteiger partial charge in [-0.3, -0.25) is 15.0 Å². The van der Waals surface area contributed by atoms with E-state index in [-0.39, 0.29) is 12.4 Å². The molecule has 1 aliphatic rings. The SMILES string of the molecule is Cc1[nH]nc2ncc(CN3CCNCC3c3cccnc3)cc12.Cl. The topological polar surface area (TPSA) is 69.7 Å². The van der Waals surface area contributed by atoms with Gasteiger partial charge in [-0.15, -0.1) is 12.4 Å². The standard InChI is InChI=1S/C17H20N6.ClH/c1-12-15-7-13(8-20-17(15)22-21-12)11-23-6-5-19-10-16(23)14-3-2-4-18-9-14;/h2-4,7-9,16,19H,5-6,10-11H2,1H3,(H,20,21,22);1H. The largest absolute Gasteiger partial charge is 0.314 e. The normalized spacial score (nSPS) is 18.5. The molecule has 3 aromatic heterocycles. The fourth-order valence-electron chi connectivity index (χ4n) is 3.22. The summed E-state index contributed by atoms with van der Waals surface area (Å²) in [6, 6.07) is 6.70. The first-order valence-electron chi connectivity index (χ1n) is 7.95. The monoisotopic (exact) mass is 344 g/mol. The first-order chi connectivity index (χ1) is 11.3. The highest BCUT2D eigenvalue weighted by atomic mass is 35.5. The Morgan fingerprint density at radius 2 is 2.25 bits per heavy atom. The van der Waals surface area contributed by atoms with Crippen LogP contribution in [0.2, 0.25) is 0 Å². The molecule has 4 rings (SSSR count). The van der Waals surface area contributed by atoms with Crippen LogP contribution in [0.15, 0.2) is 36.8 Å². The number of H-pyrrole nitrogens is 1. The van der Waals surface area contributed by atoms with Crippen molar-refractivity contribution in [2.45, 2.75) is 19.5 Å². The number of aromatic nitrogens is 4. The van der Waals surface area contributed by atoms with Crippen molar-refractivity contribution in [1.29, 1.82) is 0 Å². The van der Waals surface area contributed by atoms with Gasteiger partial charge in [0.1, 0.15) is 0 Å². The second kappa shape index (κ2) is 7.25. The molecule has 3 aromatic rings. The number of hydrogen-bond acceptors (Lipinski definition) is 5. The minimum atomic E-state index is 0. The minimum Gasteiger partial charge on any atom is -0.314 e. The van der Waals surface area contributed by atoms with Gasteiger partial charge in [0, 0.05) is 61.9 Å². The van der Waals surface area contributed by atoms with Gasteiger partial charge in [0.25, 0.3) is 0 Å². The van der Waals surface area contributed by atoms with Crippen molar-refractivity contribution in [2.75, 3.05) is 19.6 Å². The van der Waals surface area contributed by atoms with Gasteiger partial charge in [-0.25, -0.2) is 4.98 Å². The lowest BCUT2D eigenvalue weighted by Crippen LogP contribution is -2.45. The molecule has 24 heavy (non-hydrogen) atoms. The first kappa shape index (κ1) is 16.8. The van der Waals surface area contributed by atoms with Crippen molar-refractivity contribution in [3.05, 3.63) is 53.6 Å². The van der Waals surface area contributed by atoms with Gasteiger partial charge < -0.3 is 5.32 Å². The second-order valence-electron chi connectivity index (χ2n) is 6.04. The fourth-order valence-corrected chi connectivity index (χ4v) is 3.22. The van der Waals surface area contributed by atoms with E-state index in [0.29, 0.717) is 6.04 Å². The highest BCUT2D eigenvalue weighted by molar-refractivity contribution is 5.85. The maximum Gasteiger partial charge on any atom is 0.181 e. The molecule has 1 atom stereocenters. The Kier molecular flexibility index (Phi) is 5.08. The maximum atomic E-state index is 4.47. The lowest BCUT2D eigenvalue weighted by Gasteiger charge is -2.36. The third kappa shape index (κ3) is 3.26. The van der Waals surface area contributed by atoms with Crippen molar-refractivity contribution in [2.24, 2.45) is 0 Å². The predicted molar refractivity (Wildman–Crippen MR) is 96.1 cm³/mol. The number of halogens is 1. The molecular weight excluding hydrogens is 324 g/mol. The van der Waals surface area contributed by atoms with Crippen LogP contribution in [0.1, 0.15) is 22.9 Å². The maximum absolute atomic E-state index is 4.47. The molecule has 4 heterocycles. The second-order valence-corrected chi connectivity index (χ2v) is 6.04. The number of aryl methyl sites for hydroxylation is 1. The van der Waals surface area contributed by atoms with Crippen molar-refractivity contribution in [1.82, 2.24) is 30.4 Å². The zero-order valence-corrected chi connectivity index (χ0v) is 14.4. The van der Waals surface area contributed by atoms with E-state index in [2.05, 4.69) is 42.5 Å². The van der Waals surface area contributed by atoms with Gasteiger partial charge in [0.15, 0.2) is 5.65 Å². The first-order valence-corrected chi connectivity index (χ1v) is 7.95. The molecule has 0 amide bonds. The summed E-state index contributed by atoms with van der Waals surface area (Å²) < 4.78 is 0. The van der Waals surface area contributed by atoms with Crippen molar-refractivity contribution >= 4 is 23.4 Å². The van der Waals surface area contributed by atoms with E-state index < -0.39 is 0 Å². The van der Waals surface area contributed by atoms with Gasteiger partial charge in [-0.1, -0.05) is 6.07 Å². The molecule has 1 unspecified atom stereocenters. The van der Waals surface area contributed by atoms with Crippen LogP contribution >= 0.6 is 12.4 Å². The van der Waals surface area contributed by atoms with Crippen LogP contribution in [0.5, 0.6) is 0 Å². The average Bonchev–Trinajstić information content (AvgIpc) is 2.97. The van der Waals surface area contributed by atoms with Crippen LogP contribution in [0.25, 0.3) is 11.0 Å².